The van der Waals surface area contributed by atoms with Crippen molar-refractivity contribution in [2.24, 2.45) is 0 Å². The van der Waals surface area contributed by atoms with Crippen LogP contribution < -0.4 is 20.4 Å². The average Bonchev–Trinajstić information content (AvgIpc) is 2.88. The lowest BCUT2D eigenvalue weighted by Crippen LogP contribution is -2.68. The largest absolute Gasteiger partial charge is 0.368 e. The number of carbonyl (C=O) groups is 1. The van der Waals surface area contributed by atoms with Crippen molar-refractivity contribution in [3.05, 3.63) is 30.1 Å². The highest BCUT2D eigenvalue weighted by Crippen LogP contribution is 2.59. The topological polar surface area (TPSA) is 89.5 Å². The summed E-state index contributed by atoms with van der Waals surface area (Å²) in [5.74, 6) is 4.38. The maximum Gasteiger partial charge on any atom is 0.242 e. The summed E-state index contributed by atoms with van der Waals surface area (Å²) in [7, 11) is 2.16. The molecule has 2 aromatic heterocycles. The molecule has 4 aliphatic heterocycles. The minimum Gasteiger partial charge on any atom is -0.368 e. The molecule has 0 aromatic carbocycles. The summed E-state index contributed by atoms with van der Waals surface area (Å²) in [6.07, 6.45) is 5.86. The second-order valence-corrected chi connectivity index (χ2v) is 13.7. The van der Waals surface area contributed by atoms with Crippen LogP contribution in [0.25, 0.3) is 0 Å². The fourth-order valence-electron chi connectivity index (χ4n) is 5.59. The van der Waals surface area contributed by atoms with Gasteiger partial charge in [0.2, 0.25) is 11.9 Å². The number of aromatic nitrogens is 3. The molecule has 36 heavy (non-hydrogen) atoms. The van der Waals surface area contributed by atoms with E-state index < -0.39 is 0 Å². The Bertz CT molecular complexity index is 1130. The molecule has 1 atom stereocenters. The molecular weight excluding hydrogens is 492 g/mol. The Balaban J connectivity index is 1.30. The highest BCUT2D eigenvalue weighted by atomic mass is 32.2. The average molecular weight is 527 g/mol. The van der Waals surface area contributed by atoms with Crippen LogP contribution in [-0.2, 0) is 8.87 Å². The van der Waals surface area contributed by atoms with Crippen molar-refractivity contribution in [1.82, 2.24) is 25.2 Å². The molecule has 0 bridgehead atoms. The zero-order valence-electron chi connectivity index (χ0n) is 21.2. The number of nitrogens with zero attached hydrogens (tertiary/aromatic N) is 6. The smallest absolute Gasteiger partial charge is 0.242 e. The first-order valence-electron chi connectivity index (χ1n) is 12.7. The number of piperazine rings is 2. The lowest BCUT2D eigenvalue weighted by Gasteiger charge is -2.55. The number of pyridine rings is 1. The number of likely N-dealkylation sites (N-methyl/N-ethyl adjacent to an activating group) is 1. The third kappa shape index (κ3) is 4.28. The van der Waals surface area contributed by atoms with Gasteiger partial charge in [0.15, 0.2) is 0 Å². The van der Waals surface area contributed by atoms with E-state index >= 15 is 0 Å². The molecule has 9 nitrogen and oxygen atoms in total. The monoisotopic (exact) mass is 526 g/mol. The van der Waals surface area contributed by atoms with Crippen LogP contribution in [0, 0.1) is 0 Å². The molecule has 1 amide bonds. The standard InChI is InChI=1S/C25H34N8OS2/c1-24(2)16-28-22(34)19-13-25(35-11-4-12-36-25)18-15-27-23(30-21(18)33(19)24)29-20-6-5-17(14-26-20)32-9-7-31(3)8-10-32/h5-6,14-15,19H,4,7-13,16H2,1-3H3,(H,28,34)(H,26,27,29,30). The molecule has 0 radical (unpaired) electrons. The van der Waals surface area contributed by atoms with Crippen LogP contribution in [0.2, 0.25) is 0 Å². The van der Waals surface area contributed by atoms with E-state index in [4.69, 9.17) is 9.97 Å². The number of anilines is 4. The number of thioether (sulfide) groups is 2. The van der Waals surface area contributed by atoms with Gasteiger partial charge in [-0.15, -0.1) is 23.5 Å². The van der Waals surface area contributed by atoms with Crippen molar-refractivity contribution in [2.45, 2.75) is 42.3 Å². The Morgan fingerprint density at radius 2 is 1.86 bits per heavy atom. The Morgan fingerprint density at radius 1 is 1.08 bits per heavy atom. The Labute approximate surface area is 221 Å². The third-order valence-corrected chi connectivity index (χ3v) is 11.0. The van der Waals surface area contributed by atoms with E-state index in [0.29, 0.717) is 18.3 Å². The van der Waals surface area contributed by atoms with Crippen LogP contribution in [-0.4, -0.2) is 88.6 Å². The number of carbonyl (C=O) groups excluding carboxylic acids is 1. The summed E-state index contributed by atoms with van der Waals surface area (Å²) in [6.45, 7) is 9.09. The van der Waals surface area contributed by atoms with Crippen molar-refractivity contribution >= 4 is 52.7 Å². The van der Waals surface area contributed by atoms with E-state index in [1.165, 1.54) is 6.42 Å². The van der Waals surface area contributed by atoms with Gasteiger partial charge < -0.3 is 25.3 Å². The molecule has 1 unspecified atom stereocenters. The zero-order valence-corrected chi connectivity index (χ0v) is 22.8. The Kier molecular flexibility index (Phi) is 6.20. The first kappa shape index (κ1) is 24.1. The van der Waals surface area contributed by atoms with E-state index in [0.717, 1.165) is 61.2 Å². The van der Waals surface area contributed by atoms with Crippen LogP contribution in [0.1, 0.15) is 32.3 Å². The van der Waals surface area contributed by atoms with Crippen molar-refractivity contribution < 1.29 is 4.79 Å². The van der Waals surface area contributed by atoms with E-state index in [-0.39, 0.29) is 21.6 Å². The molecule has 3 fully saturated rings. The molecule has 2 N–H and O–H groups in total. The van der Waals surface area contributed by atoms with Gasteiger partial charge in [0, 0.05) is 50.9 Å². The maximum atomic E-state index is 13.1. The van der Waals surface area contributed by atoms with E-state index in [9.17, 15) is 4.79 Å². The highest BCUT2D eigenvalue weighted by molar-refractivity contribution is 8.18. The van der Waals surface area contributed by atoms with E-state index in [2.05, 4.69) is 57.3 Å². The first-order chi connectivity index (χ1) is 17.3. The number of nitrogens with one attached hydrogen (secondary N) is 2. The van der Waals surface area contributed by atoms with Gasteiger partial charge in [-0.25, -0.2) is 9.97 Å². The van der Waals surface area contributed by atoms with Gasteiger partial charge in [-0.3, -0.25) is 4.79 Å². The molecule has 3 saturated heterocycles. The third-order valence-electron chi connectivity index (χ3n) is 7.65. The van der Waals surface area contributed by atoms with Crippen LogP contribution in [0.15, 0.2) is 24.5 Å². The van der Waals surface area contributed by atoms with E-state index in [1.807, 2.05) is 42.0 Å². The molecule has 0 saturated carbocycles. The van der Waals surface area contributed by atoms with Gasteiger partial charge >= 0.3 is 0 Å². The highest BCUT2D eigenvalue weighted by Gasteiger charge is 2.54. The predicted octanol–water partition coefficient (Wildman–Crippen LogP) is 2.88. The van der Waals surface area contributed by atoms with Crippen LogP contribution in [0.4, 0.5) is 23.3 Å². The van der Waals surface area contributed by atoms with Crippen molar-refractivity contribution in [3.8, 4) is 0 Å². The normalized spacial score (nSPS) is 25.2. The SMILES string of the molecule is CN1CCN(c2ccc(Nc3ncc4c(n3)N3C(CC45SCCCS5)C(=O)NCC3(C)C)nc2)CC1. The molecule has 6 rings (SSSR count). The molecule has 2 aromatic rings. The second kappa shape index (κ2) is 9.25. The number of hydrogen-bond acceptors (Lipinski definition) is 10. The van der Waals surface area contributed by atoms with Crippen molar-refractivity contribution in [3.63, 3.8) is 0 Å². The summed E-state index contributed by atoms with van der Waals surface area (Å²) >= 11 is 3.90. The lowest BCUT2D eigenvalue weighted by molar-refractivity contribution is -0.124. The van der Waals surface area contributed by atoms with Gasteiger partial charge in [-0.1, -0.05) is 0 Å². The van der Waals surface area contributed by atoms with Crippen LogP contribution in [0.5, 0.6) is 0 Å². The molecule has 0 aliphatic carbocycles. The maximum absolute atomic E-state index is 13.1. The number of rotatable bonds is 3. The van der Waals surface area contributed by atoms with Gasteiger partial charge in [-0.2, -0.15) is 4.98 Å². The fourth-order valence-corrected chi connectivity index (χ4v) is 8.99. The van der Waals surface area contributed by atoms with E-state index in [1.54, 1.807) is 0 Å². The Hall–Kier alpha value is -2.24. The summed E-state index contributed by atoms with van der Waals surface area (Å²) in [4.78, 5) is 34.4. The number of amides is 1. The fraction of sp³-hybridized carbons (Fsp3) is 0.600. The molecule has 11 heteroatoms. The quantitative estimate of drug-likeness (QED) is 0.622. The van der Waals surface area contributed by atoms with Crippen molar-refractivity contribution in [2.75, 3.05) is 66.4 Å². The summed E-state index contributed by atoms with van der Waals surface area (Å²) in [5.41, 5.74) is 2.03. The predicted molar refractivity (Wildman–Crippen MR) is 148 cm³/mol. The van der Waals surface area contributed by atoms with Gasteiger partial charge in [0.05, 0.1) is 21.5 Å². The van der Waals surface area contributed by atoms with Crippen LogP contribution >= 0.6 is 23.5 Å². The second-order valence-electron chi connectivity index (χ2n) is 10.7. The molecular formula is C25H34N8OS2. The van der Waals surface area contributed by atoms with Gasteiger partial charge in [-0.05, 0) is 51.0 Å². The Morgan fingerprint density at radius 3 is 2.58 bits per heavy atom. The summed E-state index contributed by atoms with van der Waals surface area (Å²) in [6, 6.07) is 3.87. The molecule has 1 spiro atoms. The minimum absolute atomic E-state index is 0.0976. The number of fused-ring (bicyclic) bond motifs is 4. The summed E-state index contributed by atoms with van der Waals surface area (Å²) < 4.78 is -0.180. The molecule has 4 aliphatic rings. The molecule has 192 valence electrons. The summed E-state index contributed by atoms with van der Waals surface area (Å²) in [5, 5.41) is 6.45. The number of hydrogen-bond donors (Lipinski definition) is 2. The van der Waals surface area contributed by atoms with Crippen LogP contribution in [0.3, 0.4) is 0 Å². The molecule has 6 heterocycles. The van der Waals surface area contributed by atoms with Gasteiger partial charge in [0.1, 0.15) is 17.7 Å². The first-order valence-corrected chi connectivity index (χ1v) is 14.7. The lowest BCUT2D eigenvalue weighted by atomic mass is 9.88. The zero-order chi connectivity index (χ0) is 24.9. The minimum atomic E-state index is -0.243. The van der Waals surface area contributed by atoms with Crippen molar-refractivity contribution in [1.29, 1.82) is 0 Å². The van der Waals surface area contributed by atoms with Gasteiger partial charge in [0.25, 0.3) is 0 Å².